The summed E-state index contributed by atoms with van der Waals surface area (Å²) < 4.78 is 13.7. The predicted octanol–water partition coefficient (Wildman–Crippen LogP) is 2.89. The van der Waals surface area contributed by atoms with Crippen molar-refractivity contribution in [3.63, 3.8) is 0 Å². The maximum Gasteiger partial charge on any atom is 0.227 e. The summed E-state index contributed by atoms with van der Waals surface area (Å²) in [7, 11) is 0. The van der Waals surface area contributed by atoms with Gasteiger partial charge < -0.3 is 11.5 Å². The molecule has 18 heavy (non-hydrogen) atoms. The van der Waals surface area contributed by atoms with Gasteiger partial charge in [0.15, 0.2) is 0 Å². The van der Waals surface area contributed by atoms with Crippen LogP contribution in [0.2, 0.25) is 0 Å². The number of rotatable bonds is 3. The minimum absolute atomic E-state index is 0.188. The minimum Gasteiger partial charge on any atom is -0.328 e. The van der Waals surface area contributed by atoms with Gasteiger partial charge in [-0.1, -0.05) is 0 Å². The van der Waals surface area contributed by atoms with Crippen molar-refractivity contribution in [3.8, 4) is 0 Å². The third-order valence-electron chi connectivity index (χ3n) is 3.68. The second-order valence-electron chi connectivity index (χ2n) is 5.13. The van der Waals surface area contributed by atoms with Gasteiger partial charge in [-0.2, -0.15) is 4.39 Å². The van der Waals surface area contributed by atoms with Gasteiger partial charge in [0.05, 0.1) is 10.2 Å². The Bertz CT molecular complexity index is 405. The van der Waals surface area contributed by atoms with E-state index < -0.39 is 5.95 Å². The number of nitrogens with two attached hydrogens (primary N) is 2. The summed E-state index contributed by atoms with van der Waals surface area (Å²) in [5.41, 5.74) is 12.6. The van der Waals surface area contributed by atoms with Crippen LogP contribution < -0.4 is 11.5 Å². The van der Waals surface area contributed by atoms with Crippen LogP contribution in [0.4, 0.5) is 4.39 Å². The van der Waals surface area contributed by atoms with Crippen LogP contribution >= 0.6 is 15.9 Å². The lowest BCUT2D eigenvalue weighted by Gasteiger charge is -2.27. The second kappa shape index (κ2) is 6.08. The summed E-state index contributed by atoms with van der Waals surface area (Å²) in [5.74, 6) is 0.0990. The van der Waals surface area contributed by atoms with Crippen molar-refractivity contribution < 1.29 is 4.39 Å². The summed E-state index contributed by atoms with van der Waals surface area (Å²) in [6.07, 6.45) is 5.24. The number of pyridine rings is 1. The molecule has 0 saturated heterocycles. The molecule has 1 aliphatic rings. The molecule has 1 atom stereocenters. The molecule has 0 amide bonds. The monoisotopic (exact) mass is 315 g/mol. The van der Waals surface area contributed by atoms with Gasteiger partial charge in [-0.15, -0.1) is 0 Å². The van der Waals surface area contributed by atoms with Crippen LogP contribution in [-0.4, -0.2) is 11.0 Å². The normalized spacial score (nSPS) is 26.0. The van der Waals surface area contributed by atoms with E-state index >= 15 is 0 Å². The Morgan fingerprint density at radius 1 is 1.33 bits per heavy atom. The largest absolute Gasteiger partial charge is 0.328 e. The van der Waals surface area contributed by atoms with Gasteiger partial charge in [0.25, 0.3) is 0 Å². The molecule has 0 bridgehead atoms. The zero-order valence-electron chi connectivity index (χ0n) is 10.3. The average molecular weight is 316 g/mol. The average Bonchev–Trinajstić information content (AvgIpc) is 2.35. The molecule has 1 heterocycles. The zero-order chi connectivity index (χ0) is 13.1. The zero-order valence-corrected chi connectivity index (χ0v) is 11.9. The topological polar surface area (TPSA) is 64.9 Å². The molecule has 0 spiro atoms. The standard InChI is InChI=1S/C13H19BrFN3/c14-10-5-6-12(18-13(10)15)11(17)7-8-1-3-9(16)4-2-8/h5-6,8-9,11H,1-4,7,16-17H2. The molecule has 1 aliphatic carbocycles. The smallest absolute Gasteiger partial charge is 0.227 e. The second-order valence-corrected chi connectivity index (χ2v) is 5.99. The van der Waals surface area contributed by atoms with Crippen molar-refractivity contribution in [2.75, 3.05) is 0 Å². The van der Waals surface area contributed by atoms with Crippen LogP contribution in [0.25, 0.3) is 0 Å². The van der Waals surface area contributed by atoms with E-state index in [1.807, 2.05) is 0 Å². The Morgan fingerprint density at radius 2 is 2.00 bits per heavy atom. The third kappa shape index (κ3) is 3.49. The first-order valence-electron chi connectivity index (χ1n) is 6.39. The highest BCUT2D eigenvalue weighted by Crippen LogP contribution is 2.30. The highest BCUT2D eigenvalue weighted by molar-refractivity contribution is 9.10. The number of nitrogens with zero attached hydrogens (tertiary/aromatic N) is 1. The van der Waals surface area contributed by atoms with Gasteiger partial charge >= 0.3 is 0 Å². The summed E-state index contributed by atoms with van der Waals surface area (Å²) in [6, 6.07) is 3.61. The number of halogens is 2. The molecule has 0 radical (unpaired) electrons. The fourth-order valence-electron chi connectivity index (χ4n) is 2.54. The van der Waals surface area contributed by atoms with Crippen molar-refractivity contribution in [2.45, 2.75) is 44.2 Å². The molecule has 1 aromatic rings. The number of hydrogen-bond donors (Lipinski definition) is 2. The molecule has 100 valence electrons. The fraction of sp³-hybridized carbons (Fsp3) is 0.615. The van der Waals surface area contributed by atoms with Gasteiger partial charge in [-0.3, -0.25) is 0 Å². The summed E-state index contributed by atoms with van der Waals surface area (Å²) in [4.78, 5) is 3.89. The molecule has 3 nitrogen and oxygen atoms in total. The number of aromatic nitrogens is 1. The van der Waals surface area contributed by atoms with Crippen molar-refractivity contribution in [1.29, 1.82) is 0 Å². The first kappa shape index (κ1) is 13.9. The molecule has 1 unspecified atom stereocenters. The van der Waals surface area contributed by atoms with E-state index in [9.17, 15) is 4.39 Å². The highest BCUT2D eigenvalue weighted by Gasteiger charge is 2.22. The van der Waals surface area contributed by atoms with E-state index in [1.54, 1.807) is 12.1 Å². The first-order valence-corrected chi connectivity index (χ1v) is 7.18. The highest BCUT2D eigenvalue weighted by atomic mass is 79.9. The molecule has 5 heteroatoms. The predicted molar refractivity (Wildman–Crippen MR) is 73.4 cm³/mol. The maximum absolute atomic E-state index is 13.3. The van der Waals surface area contributed by atoms with Crippen LogP contribution in [0, 0.1) is 11.9 Å². The van der Waals surface area contributed by atoms with E-state index in [4.69, 9.17) is 11.5 Å². The van der Waals surface area contributed by atoms with Gasteiger partial charge in [0.2, 0.25) is 5.95 Å². The molecule has 1 saturated carbocycles. The Hall–Kier alpha value is -0.520. The lowest BCUT2D eigenvalue weighted by molar-refractivity contribution is 0.293. The summed E-state index contributed by atoms with van der Waals surface area (Å²) in [6.45, 7) is 0. The Morgan fingerprint density at radius 3 is 2.61 bits per heavy atom. The Kier molecular flexibility index (Phi) is 4.70. The molecular weight excluding hydrogens is 297 g/mol. The SMILES string of the molecule is NC1CCC(CC(N)c2ccc(Br)c(F)n2)CC1. The lowest BCUT2D eigenvalue weighted by Crippen LogP contribution is -2.28. The Balaban J connectivity index is 1.94. The van der Waals surface area contributed by atoms with Crippen LogP contribution in [0.5, 0.6) is 0 Å². The first-order chi connectivity index (χ1) is 8.56. The molecule has 1 aromatic heterocycles. The quantitative estimate of drug-likeness (QED) is 0.843. The lowest BCUT2D eigenvalue weighted by atomic mass is 9.82. The van der Waals surface area contributed by atoms with Gasteiger partial charge in [0.1, 0.15) is 0 Å². The van der Waals surface area contributed by atoms with Gasteiger partial charge in [-0.25, -0.2) is 4.98 Å². The molecular formula is C13H19BrFN3. The van der Waals surface area contributed by atoms with E-state index in [-0.39, 0.29) is 6.04 Å². The minimum atomic E-state index is -0.492. The van der Waals surface area contributed by atoms with E-state index in [0.717, 1.165) is 32.1 Å². The van der Waals surface area contributed by atoms with Crippen LogP contribution in [0.1, 0.15) is 43.8 Å². The van der Waals surface area contributed by atoms with Crippen molar-refractivity contribution in [1.82, 2.24) is 4.98 Å². The van der Waals surface area contributed by atoms with Crippen molar-refractivity contribution in [2.24, 2.45) is 17.4 Å². The van der Waals surface area contributed by atoms with Crippen molar-refractivity contribution >= 4 is 15.9 Å². The summed E-state index contributed by atoms with van der Waals surface area (Å²) >= 11 is 3.09. The van der Waals surface area contributed by atoms with Crippen LogP contribution in [0.15, 0.2) is 16.6 Å². The van der Waals surface area contributed by atoms with E-state index in [0.29, 0.717) is 22.1 Å². The van der Waals surface area contributed by atoms with Crippen LogP contribution in [-0.2, 0) is 0 Å². The Labute approximate surface area is 115 Å². The molecule has 0 aliphatic heterocycles. The molecule has 2 rings (SSSR count). The van der Waals surface area contributed by atoms with Crippen LogP contribution in [0.3, 0.4) is 0 Å². The fourth-order valence-corrected chi connectivity index (χ4v) is 2.76. The van der Waals surface area contributed by atoms with E-state index in [1.165, 1.54) is 0 Å². The van der Waals surface area contributed by atoms with Gasteiger partial charge in [0, 0.05) is 12.1 Å². The molecule has 4 N–H and O–H groups in total. The number of hydrogen-bond acceptors (Lipinski definition) is 3. The third-order valence-corrected chi connectivity index (χ3v) is 4.27. The van der Waals surface area contributed by atoms with Gasteiger partial charge in [-0.05, 0) is 66.1 Å². The maximum atomic E-state index is 13.3. The summed E-state index contributed by atoms with van der Waals surface area (Å²) in [5, 5.41) is 0. The van der Waals surface area contributed by atoms with E-state index in [2.05, 4.69) is 20.9 Å². The molecule has 1 fully saturated rings. The van der Waals surface area contributed by atoms with Crippen molar-refractivity contribution in [3.05, 3.63) is 28.2 Å². The molecule has 0 aromatic carbocycles.